The molecule has 0 saturated carbocycles. The summed E-state index contributed by atoms with van der Waals surface area (Å²) in [7, 11) is -4.62. The van der Waals surface area contributed by atoms with Gasteiger partial charge >= 0.3 is 45.9 Å². The molecule has 1 N–H and O–H groups in total. The summed E-state index contributed by atoms with van der Waals surface area (Å²) in [4.78, 5) is 0. The average Bonchev–Trinajstić information content (AvgIpc) is 1.97. The van der Waals surface area contributed by atoms with Gasteiger partial charge in [-0.2, -0.15) is 8.42 Å². The zero-order valence-corrected chi connectivity index (χ0v) is 14.2. The van der Waals surface area contributed by atoms with E-state index in [1.807, 2.05) is 13.8 Å². The molecule has 0 rings (SSSR count). The van der Waals surface area contributed by atoms with Gasteiger partial charge in [-0.3, -0.25) is 9.12 Å². The first-order chi connectivity index (χ1) is 6.58. The van der Waals surface area contributed by atoms with E-state index in [4.69, 9.17) is 9.08 Å². The Balaban J connectivity index is -0.000000980. The van der Waals surface area contributed by atoms with Gasteiger partial charge in [-0.05, 0) is 11.8 Å². The first-order valence-corrected chi connectivity index (χ1v) is 8.65. The van der Waals surface area contributed by atoms with Gasteiger partial charge < -0.3 is 5.95 Å². The van der Waals surface area contributed by atoms with Crippen molar-refractivity contribution in [2.24, 2.45) is 11.8 Å². The minimum atomic E-state index is -4.62. The second-order valence-electron chi connectivity index (χ2n) is 4.32. The van der Waals surface area contributed by atoms with Crippen LogP contribution in [0.3, 0.4) is 0 Å². The van der Waals surface area contributed by atoms with Crippen molar-refractivity contribution in [2.45, 2.75) is 27.7 Å². The summed E-state index contributed by atoms with van der Waals surface area (Å²) in [5, 5.41) is 0. The molecule has 0 spiro atoms. The molecule has 0 heterocycles. The van der Waals surface area contributed by atoms with Gasteiger partial charge in [-0.15, -0.1) is 0 Å². The van der Waals surface area contributed by atoms with E-state index in [9.17, 15) is 13.0 Å². The molecule has 0 aliphatic heterocycles. The van der Waals surface area contributed by atoms with Crippen LogP contribution in [0.1, 0.15) is 29.1 Å². The fourth-order valence-electron chi connectivity index (χ4n) is 0.923. The molecular weight excluding hydrogens is 262 g/mol. The van der Waals surface area contributed by atoms with E-state index in [2.05, 4.69) is 0 Å². The summed E-state index contributed by atoms with van der Waals surface area (Å²) in [5.74, 6) is -0.0582. The summed E-state index contributed by atoms with van der Waals surface area (Å²) in [6, 6.07) is 0. The van der Waals surface area contributed by atoms with Gasteiger partial charge in [0.25, 0.3) is 0 Å². The van der Waals surface area contributed by atoms with Gasteiger partial charge in [0.05, 0.1) is 6.61 Å². The Hall–Kier alpha value is 1.10. The molecule has 0 aromatic carbocycles. The first-order valence-electron chi connectivity index (χ1n) is 4.79. The maximum Gasteiger partial charge on any atom is 1.00 e. The normalized spacial score (nSPS) is 15.9. The molecule has 8 heteroatoms. The van der Waals surface area contributed by atoms with Crippen LogP contribution in [0, 0.1) is 11.8 Å². The fraction of sp³-hybridized carbons (Fsp3) is 1.00. The van der Waals surface area contributed by atoms with Crippen LogP contribution in [-0.2, 0) is 18.8 Å². The number of hydrogen-bond donors (Lipinski definition) is 1. The Labute approximate surface area is 121 Å². The van der Waals surface area contributed by atoms with Crippen molar-refractivity contribution in [3.8, 4) is 0 Å². The van der Waals surface area contributed by atoms with Crippen LogP contribution in [-0.4, -0.2) is 25.7 Å². The smallest absolute Gasteiger partial charge is 1.00 e. The molecule has 0 amide bonds. The molecule has 0 radical (unpaired) electrons. The van der Waals surface area contributed by atoms with Crippen LogP contribution >= 0.6 is 6.57 Å². The topological polar surface area (TPSA) is 80.7 Å². The van der Waals surface area contributed by atoms with Crippen LogP contribution in [0.2, 0.25) is 0 Å². The van der Waals surface area contributed by atoms with E-state index < -0.39 is 16.3 Å². The van der Waals surface area contributed by atoms with Crippen molar-refractivity contribution in [3.05, 3.63) is 0 Å². The van der Waals surface area contributed by atoms with Gasteiger partial charge in [0.15, 0.2) is 0 Å². The summed E-state index contributed by atoms with van der Waals surface area (Å²) in [6.07, 6.45) is -0.154. The van der Waals surface area contributed by atoms with Crippen molar-refractivity contribution < 1.29 is 53.0 Å². The third kappa shape index (κ3) is 6.74. The molecule has 0 saturated heterocycles. The van der Waals surface area contributed by atoms with E-state index >= 15 is 0 Å². The molecule has 0 aliphatic rings. The molecule has 0 fully saturated rings. The second kappa shape index (κ2) is 7.52. The third-order valence-corrected chi connectivity index (χ3v) is 6.84. The zero-order valence-electron chi connectivity index (χ0n) is 11.5. The standard InChI is InChI=1S/C8H19O5PS.Na.H/c1-7(2)5-13-14(9,6-8(3)4)15(10,11)12;;/h7-8H,5-6H2,1-4H3,(H,10,11,12);;/q;+1;-1. The summed E-state index contributed by atoms with van der Waals surface area (Å²) < 4.78 is 47.6. The molecule has 1 unspecified atom stereocenters. The van der Waals surface area contributed by atoms with Gasteiger partial charge in [0.2, 0.25) is 0 Å². The average molecular weight is 282 g/mol. The van der Waals surface area contributed by atoms with Gasteiger partial charge in [-0.1, -0.05) is 27.7 Å². The van der Waals surface area contributed by atoms with Crippen LogP contribution in [0.5, 0.6) is 0 Å². The fourth-order valence-corrected chi connectivity index (χ4v) is 4.81. The number of hydrogen-bond acceptors (Lipinski definition) is 4. The molecular formula is C8H20NaO5PS. The summed E-state index contributed by atoms with van der Waals surface area (Å²) in [6.45, 7) is 3.13. The van der Waals surface area contributed by atoms with Gasteiger partial charge in [0.1, 0.15) is 0 Å². The van der Waals surface area contributed by atoms with Crippen LogP contribution in [0.15, 0.2) is 0 Å². The van der Waals surface area contributed by atoms with Crippen LogP contribution in [0.4, 0.5) is 0 Å². The predicted molar refractivity (Wildman–Crippen MR) is 60.8 cm³/mol. The van der Waals surface area contributed by atoms with Crippen molar-refractivity contribution in [1.82, 2.24) is 0 Å². The maximum atomic E-state index is 11.9. The van der Waals surface area contributed by atoms with E-state index in [0.29, 0.717) is 0 Å². The Morgan fingerprint density at radius 3 is 1.94 bits per heavy atom. The van der Waals surface area contributed by atoms with Crippen LogP contribution < -0.4 is 29.6 Å². The van der Waals surface area contributed by atoms with E-state index in [1.54, 1.807) is 13.8 Å². The molecule has 1 atom stereocenters. The second-order valence-corrected chi connectivity index (χ2v) is 10.1. The Morgan fingerprint density at radius 1 is 1.25 bits per heavy atom. The molecule has 94 valence electrons. The Morgan fingerprint density at radius 2 is 1.69 bits per heavy atom. The molecule has 0 bridgehead atoms. The van der Waals surface area contributed by atoms with Crippen LogP contribution in [0.25, 0.3) is 0 Å². The molecule has 16 heavy (non-hydrogen) atoms. The number of rotatable bonds is 6. The Kier molecular flexibility index (Phi) is 9.13. The van der Waals surface area contributed by atoms with Crippen molar-refractivity contribution in [3.63, 3.8) is 0 Å². The SMILES string of the molecule is CC(C)COP(=O)(CC(C)C)S(=O)(=O)O.[H-].[Na+]. The molecule has 5 nitrogen and oxygen atoms in total. The summed E-state index contributed by atoms with van der Waals surface area (Å²) in [5.41, 5.74) is 0. The van der Waals surface area contributed by atoms with Gasteiger partial charge in [0, 0.05) is 6.16 Å². The summed E-state index contributed by atoms with van der Waals surface area (Å²) >= 11 is 0. The van der Waals surface area contributed by atoms with Gasteiger partial charge in [-0.25, -0.2) is 0 Å². The first kappa shape index (κ1) is 19.4. The quantitative estimate of drug-likeness (QED) is 0.404. The molecule has 0 aliphatic carbocycles. The maximum absolute atomic E-state index is 11.9. The van der Waals surface area contributed by atoms with E-state index in [-0.39, 0.29) is 55.6 Å². The largest absolute Gasteiger partial charge is 1.00 e. The van der Waals surface area contributed by atoms with Crippen molar-refractivity contribution in [1.29, 1.82) is 0 Å². The third-order valence-electron chi connectivity index (χ3n) is 1.54. The van der Waals surface area contributed by atoms with E-state index in [1.165, 1.54) is 0 Å². The molecule has 0 aromatic heterocycles. The monoisotopic (exact) mass is 282 g/mol. The van der Waals surface area contributed by atoms with E-state index in [0.717, 1.165) is 0 Å². The Bertz CT molecular complexity index is 344. The van der Waals surface area contributed by atoms with Crippen molar-refractivity contribution >= 4 is 16.3 Å². The minimum absolute atomic E-state index is 0. The predicted octanol–water partition coefficient (Wildman–Crippen LogP) is -0.488. The minimum Gasteiger partial charge on any atom is -1.00 e. The van der Waals surface area contributed by atoms with Crippen molar-refractivity contribution in [2.75, 3.05) is 12.8 Å². The molecule has 0 aromatic rings. The zero-order chi connectivity index (χ0) is 12.3.